The average Bonchev–Trinajstić information content (AvgIpc) is 2.60. The number of hydrogen-bond acceptors (Lipinski definition) is 4. The second-order valence-electron chi connectivity index (χ2n) is 5.61. The molecule has 0 spiro atoms. The molecule has 2 N–H and O–H groups in total. The Morgan fingerprint density at radius 2 is 1.36 bits per heavy atom. The number of hydrogen-bond donors (Lipinski definition) is 2. The van der Waals surface area contributed by atoms with E-state index in [-0.39, 0.29) is 18.2 Å². The van der Waals surface area contributed by atoms with E-state index in [0.29, 0.717) is 29.4 Å². The molecule has 3 rings (SSSR count). The fourth-order valence-corrected chi connectivity index (χ4v) is 2.38. The summed E-state index contributed by atoms with van der Waals surface area (Å²) in [6.45, 7) is 2.43. The molecule has 3 aromatic rings. The van der Waals surface area contributed by atoms with Crippen molar-refractivity contribution in [3.05, 3.63) is 83.1 Å². The Hall–Kier alpha value is -3.02. The first-order chi connectivity index (χ1) is 12.1. The summed E-state index contributed by atoms with van der Waals surface area (Å²) in [6, 6.07) is 14.9. The summed E-state index contributed by atoms with van der Waals surface area (Å²) < 4.78 is 27.3. The quantitative estimate of drug-likeness (QED) is 0.703. The fourth-order valence-electron chi connectivity index (χ4n) is 2.38. The molecule has 6 heteroatoms. The number of aryl methyl sites for hydroxylation is 1. The smallest absolute Gasteiger partial charge is 0.225 e. The van der Waals surface area contributed by atoms with E-state index >= 15 is 0 Å². The van der Waals surface area contributed by atoms with Crippen molar-refractivity contribution in [2.75, 3.05) is 10.6 Å². The number of aromatic nitrogens is 2. The number of rotatable bonds is 6. The second kappa shape index (κ2) is 7.70. The zero-order valence-electron chi connectivity index (χ0n) is 13.8. The largest absolute Gasteiger partial charge is 0.366 e. The molecule has 0 amide bonds. The number of halogens is 2. The van der Waals surface area contributed by atoms with Gasteiger partial charge < -0.3 is 10.6 Å². The number of anilines is 2. The van der Waals surface area contributed by atoms with Crippen LogP contribution in [0.4, 0.5) is 20.5 Å². The van der Waals surface area contributed by atoms with E-state index in [2.05, 4.69) is 20.6 Å². The average molecular weight is 340 g/mol. The summed E-state index contributed by atoms with van der Waals surface area (Å²) >= 11 is 0. The molecular weight excluding hydrogens is 322 g/mol. The van der Waals surface area contributed by atoms with Crippen LogP contribution >= 0.6 is 0 Å². The molecule has 2 aromatic carbocycles. The van der Waals surface area contributed by atoms with Crippen molar-refractivity contribution in [1.82, 2.24) is 9.97 Å². The minimum absolute atomic E-state index is 0.265. The first-order valence-electron chi connectivity index (χ1n) is 7.92. The van der Waals surface area contributed by atoms with Gasteiger partial charge in [-0.25, -0.2) is 13.8 Å². The van der Waals surface area contributed by atoms with Gasteiger partial charge in [-0.05, 0) is 19.1 Å². The molecule has 0 atom stereocenters. The first-order valence-corrected chi connectivity index (χ1v) is 7.92. The number of nitrogens with zero attached hydrogens (tertiary/aromatic N) is 2. The SMILES string of the molecule is Cc1cc(NCc2ccccc2F)nc(NCc2ccccc2F)n1. The standard InChI is InChI=1S/C19H18F2N4/c1-13-10-18(22-11-14-6-2-4-8-16(14)20)25-19(24-13)23-12-15-7-3-5-9-17(15)21/h2-10H,11-12H2,1H3,(H2,22,23,24,25). The van der Waals surface area contributed by atoms with Crippen LogP contribution < -0.4 is 10.6 Å². The molecule has 0 aliphatic heterocycles. The van der Waals surface area contributed by atoms with Crippen LogP contribution in [0.3, 0.4) is 0 Å². The molecule has 0 aliphatic rings. The summed E-state index contributed by atoms with van der Waals surface area (Å²) in [4.78, 5) is 8.64. The predicted octanol–water partition coefficient (Wildman–Crippen LogP) is 4.29. The lowest BCUT2D eigenvalue weighted by atomic mass is 10.2. The van der Waals surface area contributed by atoms with Crippen molar-refractivity contribution in [2.24, 2.45) is 0 Å². The van der Waals surface area contributed by atoms with Gasteiger partial charge in [0.15, 0.2) is 0 Å². The maximum atomic E-state index is 13.7. The monoisotopic (exact) mass is 340 g/mol. The molecule has 0 saturated heterocycles. The molecule has 0 bridgehead atoms. The van der Waals surface area contributed by atoms with Crippen molar-refractivity contribution >= 4 is 11.8 Å². The highest BCUT2D eigenvalue weighted by atomic mass is 19.1. The summed E-state index contributed by atoms with van der Waals surface area (Å²) in [5.41, 5.74) is 1.84. The Bertz CT molecular complexity index is 800. The predicted molar refractivity (Wildman–Crippen MR) is 94.2 cm³/mol. The Morgan fingerprint density at radius 1 is 0.800 bits per heavy atom. The maximum Gasteiger partial charge on any atom is 0.225 e. The molecule has 0 aliphatic carbocycles. The third kappa shape index (κ3) is 4.50. The van der Waals surface area contributed by atoms with Gasteiger partial charge in [-0.3, -0.25) is 0 Å². The van der Waals surface area contributed by atoms with E-state index < -0.39 is 0 Å². The highest BCUT2D eigenvalue weighted by Gasteiger charge is 2.06. The molecule has 0 fully saturated rings. The van der Waals surface area contributed by atoms with Gasteiger partial charge in [0.1, 0.15) is 17.5 Å². The molecule has 0 radical (unpaired) electrons. The lowest BCUT2D eigenvalue weighted by Crippen LogP contribution is -2.09. The topological polar surface area (TPSA) is 49.8 Å². The van der Waals surface area contributed by atoms with Gasteiger partial charge in [0.05, 0.1) is 0 Å². The van der Waals surface area contributed by atoms with Crippen molar-refractivity contribution < 1.29 is 8.78 Å². The van der Waals surface area contributed by atoms with Crippen LogP contribution in [0.1, 0.15) is 16.8 Å². The van der Waals surface area contributed by atoms with Gasteiger partial charge in [0.2, 0.25) is 5.95 Å². The lowest BCUT2D eigenvalue weighted by Gasteiger charge is -2.11. The zero-order valence-corrected chi connectivity index (χ0v) is 13.8. The van der Waals surface area contributed by atoms with Crippen molar-refractivity contribution in [1.29, 1.82) is 0 Å². The molecule has 25 heavy (non-hydrogen) atoms. The minimum atomic E-state index is -0.277. The third-order valence-corrected chi connectivity index (χ3v) is 3.67. The summed E-state index contributed by atoms with van der Waals surface area (Å²) in [7, 11) is 0. The molecule has 0 saturated carbocycles. The number of benzene rings is 2. The maximum absolute atomic E-state index is 13.7. The molecular formula is C19H18F2N4. The van der Waals surface area contributed by atoms with Crippen molar-refractivity contribution in [2.45, 2.75) is 20.0 Å². The Labute approximate surface area is 145 Å². The van der Waals surface area contributed by atoms with E-state index in [0.717, 1.165) is 5.69 Å². The minimum Gasteiger partial charge on any atom is -0.366 e. The van der Waals surface area contributed by atoms with Gasteiger partial charge in [0.25, 0.3) is 0 Å². The Kier molecular flexibility index (Phi) is 5.18. The van der Waals surface area contributed by atoms with E-state index in [1.54, 1.807) is 42.5 Å². The van der Waals surface area contributed by atoms with Crippen LogP contribution in [-0.2, 0) is 13.1 Å². The highest BCUT2D eigenvalue weighted by molar-refractivity contribution is 5.43. The number of nitrogens with one attached hydrogen (secondary N) is 2. The van der Waals surface area contributed by atoms with E-state index in [1.807, 2.05) is 6.92 Å². The summed E-state index contributed by atoms with van der Waals surface area (Å²) in [5, 5.41) is 6.10. The van der Waals surface area contributed by atoms with E-state index in [9.17, 15) is 8.78 Å². The molecule has 1 aromatic heterocycles. The van der Waals surface area contributed by atoms with Crippen molar-refractivity contribution in [3.63, 3.8) is 0 Å². The van der Waals surface area contributed by atoms with Gasteiger partial charge >= 0.3 is 0 Å². The Morgan fingerprint density at radius 3 is 1.96 bits per heavy atom. The second-order valence-corrected chi connectivity index (χ2v) is 5.61. The summed E-state index contributed by atoms with van der Waals surface area (Å²) in [5.74, 6) is 0.422. The molecule has 0 unspecified atom stereocenters. The van der Waals surface area contributed by atoms with Crippen LogP contribution in [0.25, 0.3) is 0 Å². The Balaban J connectivity index is 1.68. The van der Waals surface area contributed by atoms with E-state index in [1.165, 1.54) is 12.1 Å². The van der Waals surface area contributed by atoms with E-state index in [4.69, 9.17) is 0 Å². The zero-order chi connectivity index (χ0) is 17.6. The molecule has 128 valence electrons. The summed E-state index contributed by atoms with van der Waals surface area (Å²) in [6.07, 6.45) is 0. The third-order valence-electron chi connectivity index (χ3n) is 3.67. The van der Waals surface area contributed by atoms with Crippen LogP contribution in [0.15, 0.2) is 54.6 Å². The highest BCUT2D eigenvalue weighted by Crippen LogP contribution is 2.14. The van der Waals surface area contributed by atoms with Gasteiger partial charge in [-0.15, -0.1) is 0 Å². The molecule has 4 nitrogen and oxygen atoms in total. The fraction of sp³-hybridized carbons (Fsp3) is 0.158. The van der Waals surface area contributed by atoms with Crippen LogP contribution in [0.2, 0.25) is 0 Å². The first kappa shape index (κ1) is 16.8. The van der Waals surface area contributed by atoms with Crippen LogP contribution in [-0.4, -0.2) is 9.97 Å². The lowest BCUT2D eigenvalue weighted by molar-refractivity contribution is 0.612. The van der Waals surface area contributed by atoms with Gasteiger partial charge in [-0.1, -0.05) is 36.4 Å². The van der Waals surface area contributed by atoms with Crippen LogP contribution in [0.5, 0.6) is 0 Å². The van der Waals surface area contributed by atoms with Gasteiger partial charge in [0, 0.05) is 36.0 Å². The molecule has 1 heterocycles. The normalized spacial score (nSPS) is 10.5. The van der Waals surface area contributed by atoms with Gasteiger partial charge in [-0.2, -0.15) is 4.98 Å². The van der Waals surface area contributed by atoms with Crippen molar-refractivity contribution in [3.8, 4) is 0 Å². The van der Waals surface area contributed by atoms with Crippen LogP contribution in [0, 0.1) is 18.6 Å².